The molecule has 1 aliphatic rings. The van der Waals surface area contributed by atoms with Crippen LogP contribution in [0.1, 0.15) is 36.4 Å². The van der Waals surface area contributed by atoms with Crippen molar-refractivity contribution in [1.29, 1.82) is 0 Å². The van der Waals surface area contributed by atoms with Gasteiger partial charge in [-0.15, -0.1) is 11.3 Å². The number of carbonyl (C=O) groups is 1. The standard InChI is InChI=1S/C13H20N2O2S/c1-4-9-5-6-15(7-9)13-11(17-3)10(14)12(18-13)8(2)16/h9H,4-7,14H2,1-3H3. The van der Waals surface area contributed by atoms with Gasteiger partial charge in [-0.3, -0.25) is 4.79 Å². The van der Waals surface area contributed by atoms with E-state index in [9.17, 15) is 4.79 Å². The van der Waals surface area contributed by atoms with Crippen LogP contribution in [0.5, 0.6) is 5.75 Å². The van der Waals surface area contributed by atoms with Crippen LogP contribution in [0, 0.1) is 5.92 Å². The molecule has 0 aromatic carbocycles. The minimum atomic E-state index is 0.00767. The van der Waals surface area contributed by atoms with Gasteiger partial charge in [-0.1, -0.05) is 13.3 Å². The van der Waals surface area contributed by atoms with E-state index >= 15 is 0 Å². The summed E-state index contributed by atoms with van der Waals surface area (Å²) in [5, 5.41) is 1.01. The average Bonchev–Trinajstić information content (AvgIpc) is 2.92. The first-order valence-electron chi connectivity index (χ1n) is 6.30. The molecule has 0 radical (unpaired) electrons. The monoisotopic (exact) mass is 268 g/mol. The Bertz CT molecular complexity index is 456. The Morgan fingerprint density at radius 2 is 2.33 bits per heavy atom. The van der Waals surface area contributed by atoms with Crippen LogP contribution < -0.4 is 15.4 Å². The third-order valence-corrected chi connectivity index (χ3v) is 4.90. The fourth-order valence-corrected chi connectivity index (χ4v) is 3.55. The number of ether oxygens (including phenoxy) is 1. The van der Waals surface area contributed by atoms with Crippen LogP contribution >= 0.6 is 11.3 Å². The molecule has 100 valence electrons. The first-order valence-corrected chi connectivity index (χ1v) is 7.12. The normalized spacial score (nSPS) is 19.3. The van der Waals surface area contributed by atoms with Gasteiger partial charge in [0.25, 0.3) is 0 Å². The second-order valence-electron chi connectivity index (χ2n) is 4.75. The summed E-state index contributed by atoms with van der Waals surface area (Å²) in [5.74, 6) is 1.41. The summed E-state index contributed by atoms with van der Waals surface area (Å²) >= 11 is 1.45. The number of anilines is 2. The number of ketones is 1. The topological polar surface area (TPSA) is 55.6 Å². The lowest BCUT2D eigenvalue weighted by molar-refractivity contribution is 0.102. The Labute approximate surface area is 112 Å². The van der Waals surface area contributed by atoms with Gasteiger partial charge in [0, 0.05) is 20.0 Å². The van der Waals surface area contributed by atoms with Crippen molar-refractivity contribution in [3.8, 4) is 5.75 Å². The molecule has 1 aromatic rings. The van der Waals surface area contributed by atoms with Gasteiger partial charge in [0.15, 0.2) is 11.5 Å². The molecular weight excluding hydrogens is 248 g/mol. The van der Waals surface area contributed by atoms with E-state index in [1.807, 2.05) is 0 Å². The lowest BCUT2D eigenvalue weighted by atomic mass is 10.1. The molecule has 4 nitrogen and oxygen atoms in total. The molecule has 2 N–H and O–H groups in total. The number of Topliss-reactive ketones (excluding diaryl/α,β-unsaturated/α-hetero) is 1. The zero-order valence-electron chi connectivity index (χ0n) is 11.2. The molecule has 1 fully saturated rings. The highest BCUT2D eigenvalue weighted by Gasteiger charge is 2.28. The molecule has 18 heavy (non-hydrogen) atoms. The van der Waals surface area contributed by atoms with Crippen LogP contribution in [0.4, 0.5) is 10.7 Å². The van der Waals surface area contributed by atoms with Gasteiger partial charge < -0.3 is 15.4 Å². The van der Waals surface area contributed by atoms with E-state index in [-0.39, 0.29) is 5.78 Å². The Hall–Kier alpha value is -1.23. The van der Waals surface area contributed by atoms with E-state index in [4.69, 9.17) is 10.5 Å². The van der Waals surface area contributed by atoms with Crippen LogP contribution in [0.25, 0.3) is 0 Å². The Morgan fingerprint density at radius 1 is 1.61 bits per heavy atom. The van der Waals surface area contributed by atoms with E-state index in [1.54, 1.807) is 14.0 Å². The molecule has 1 unspecified atom stereocenters. The maximum atomic E-state index is 11.5. The fourth-order valence-electron chi connectivity index (χ4n) is 2.43. The molecule has 5 heteroatoms. The van der Waals surface area contributed by atoms with Gasteiger partial charge >= 0.3 is 0 Å². The van der Waals surface area contributed by atoms with Gasteiger partial charge in [0.2, 0.25) is 0 Å². The number of thiophene rings is 1. The summed E-state index contributed by atoms with van der Waals surface area (Å²) in [5.41, 5.74) is 6.48. The smallest absolute Gasteiger partial charge is 0.177 e. The number of rotatable bonds is 4. The lowest BCUT2D eigenvalue weighted by Gasteiger charge is -2.17. The largest absolute Gasteiger partial charge is 0.492 e. The number of methoxy groups -OCH3 is 1. The van der Waals surface area contributed by atoms with E-state index in [0.29, 0.717) is 16.3 Å². The van der Waals surface area contributed by atoms with Crippen LogP contribution in [0.15, 0.2) is 0 Å². The highest BCUT2D eigenvalue weighted by atomic mass is 32.1. The highest BCUT2D eigenvalue weighted by molar-refractivity contribution is 7.19. The summed E-state index contributed by atoms with van der Waals surface area (Å²) in [6.07, 6.45) is 2.39. The average molecular weight is 268 g/mol. The first kappa shape index (κ1) is 13.2. The van der Waals surface area contributed by atoms with Gasteiger partial charge in [-0.05, 0) is 12.3 Å². The number of nitrogens with two attached hydrogens (primary N) is 1. The lowest BCUT2D eigenvalue weighted by Crippen LogP contribution is -2.18. The van der Waals surface area contributed by atoms with Gasteiger partial charge in [0.1, 0.15) is 5.00 Å². The quantitative estimate of drug-likeness (QED) is 0.853. The van der Waals surface area contributed by atoms with Crippen molar-refractivity contribution >= 4 is 27.8 Å². The maximum absolute atomic E-state index is 11.5. The summed E-state index contributed by atoms with van der Waals surface area (Å²) in [6, 6.07) is 0. The molecular formula is C13H20N2O2S. The molecule has 1 atom stereocenters. The molecule has 2 rings (SSSR count). The van der Waals surface area contributed by atoms with Crippen molar-refractivity contribution < 1.29 is 9.53 Å². The molecule has 0 saturated carbocycles. The van der Waals surface area contributed by atoms with Crippen molar-refractivity contribution in [3.63, 3.8) is 0 Å². The maximum Gasteiger partial charge on any atom is 0.177 e. The molecule has 0 bridgehead atoms. The second-order valence-corrected chi connectivity index (χ2v) is 5.75. The second kappa shape index (κ2) is 5.18. The predicted octanol–water partition coefficient (Wildman–Crippen LogP) is 2.78. The summed E-state index contributed by atoms with van der Waals surface area (Å²) in [4.78, 5) is 14.4. The van der Waals surface area contributed by atoms with Gasteiger partial charge in [-0.2, -0.15) is 0 Å². The van der Waals surface area contributed by atoms with E-state index in [0.717, 1.165) is 24.0 Å². The Balaban J connectivity index is 2.33. The summed E-state index contributed by atoms with van der Waals surface area (Å²) < 4.78 is 5.38. The SMILES string of the molecule is CCC1CCN(c2sc(C(C)=O)c(N)c2OC)C1. The summed E-state index contributed by atoms with van der Waals surface area (Å²) in [6.45, 7) is 5.82. The van der Waals surface area contributed by atoms with Crippen molar-refractivity contribution in [2.75, 3.05) is 30.8 Å². The predicted molar refractivity (Wildman–Crippen MR) is 75.9 cm³/mol. The minimum Gasteiger partial charge on any atom is -0.492 e. The van der Waals surface area contributed by atoms with Gasteiger partial charge in [-0.25, -0.2) is 0 Å². The van der Waals surface area contributed by atoms with Crippen molar-refractivity contribution in [2.45, 2.75) is 26.7 Å². The molecule has 1 aliphatic heterocycles. The van der Waals surface area contributed by atoms with Crippen LogP contribution in [-0.4, -0.2) is 26.0 Å². The molecule has 1 aromatic heterocycles. The zero-order chi connectivity index (χ0) is 13.3. The molecule has 0 aliphatic carbocycles. The number of nitrogens with zero attached hydrogens (tertiary/aromatic N) is 1. The van der Waals surface area contributed by atoms with Crippen LogP contribution in [0.3, 0.4) is 0 Å². The third-order valence-electron chi connectivity index (χ3n) is 3.56. The molecule has 1 saturated heterocycles. The molecule has 0 spiro atoms. The number of hydrogen-bond acceptors (Lipinski definition) is 5. The Morgan fingerprint density at radius 3 is 2.83 bits per heavy atom. The van der Waals surface area contributed by atoms with E-state index < -0.39 is 0 Å². The molecule has 0 amide bonds. The summed E-state index contributed by atoms with van der Waals surface area (Å²) in [7, 11) is 1.61. The van der Waals surface area contributed by atoms with Crippen molar-refractivity contribution in [2.24, 2.45) is 5.92 Å². The van der Waals surface area contributed by atoms with Crippen LogP contribution in [-0.2, 0) is 0 Å². The van der Waals surface area contributed by atoms with Crippen molar-refractivity contribution in [1.82, 2.24) is 0 Å². The number of hydrogen-bond donors (Lipinski definition) is 1. The first-order chi connectivity index (χ1) is 8.58. The van der Waals surface area contributed by atoms with E-state index in [2.05, 4.69) is 11.8 Å². The molecule has 2 heterocycles. The third kappa shape index (κ3) is 2.19. The zero-order valence-corrected chi connectivity index (χ0v) is 12.0. The van der Waals surface area contributed by atoms with Gasteiger partial charge in [0.05, 0.1) is 17.7 Å². The van der Waals surface area contributed by atoms with Crippen molar-refractivity contribution in [3.05, 3.63) is 4.88 Å². The fraction of sp³-hybridized carbons (Fsp3) is 0.615. The number of carbonyl (C=O) groups excluding carboxylic acids is 1. The van der Waals surface area contributed by atoms with Crippen LogP contribution in [0.2, 0.25) is 0 Å². The number of nitrogen functional groups attached to an aromatic ring is 1. The van der Waals surface area contributed by atoms with E-state index in [1.165, 1.54) is 24.2 Å². The minimum absolute atomic E-state index is 0.00767. The Kier molecular flexibility index (Phi) is 3.80. The highest BCUT2D eigenvalue weighted by Crippen LogP contribution is 2.46.